The first-order chi connectivity index (χ1) is 9.49. The van der Waals surface area contributed by atoms with Crippen molar-refractivity contribution in [2.24, 2.45) is 0 Å². The first-order valence-corrected chi connectivity index (χ1v) is 6.94. The second kappa shape index (κ2) is 6.43. The van der Waals surface area contributed by atoms with Gasteiger partial charge in [0.1, 0.15) is 0 Å². The minimum absolute atomic E-state index is 0.149. The largest absolute Gasteiger partial charge is 0.336 e. The summed E-state index contributed by atoms with van der Waals surface area (Å²) in [5.41, 5.74) is 0.848. The maximum absolute atomic E-state index is 12.0. The Kier molecular flexibility index (Phi) is 4.86. The summed E-state index contributed by atoms with van der Waals surface area (Å²) in [7, 11) is 1.79. The molecule has 1 saturated heterocycles. The van der Waals surface area contributed by atoms with Crippen molar-refractivity contribution in [2.45, 2.75) is 6.54 Å². The van der Waals surface area contributed by atoms with Gasteiger partial charge in [-0.15, -0.1) is 0 Å². The van der Waals surface area contributed by atoms with Gasteiger partial charge in [0, 0.05) is 19.6 Å². The van der Waals surface area contributed by atoms with E-state index in [4.69, 9.17) is 23.2 Å². The molecule has 0 saturated carbocycles. The number of hydrogen-bond acceptors (Lipinski definition) is 3. The van der Waals surface area contributed by atoms with E-state index < -0.39 is 0 Å². The highest BCUT2D eigenvalue weighted by atomic mass is 35.5. The van der Waals surface area contributed by atoms with E-state index in [1.54, 1.807) is 18.0 Å². The molecular weight excluding hydrogens is 301 g/mol. The summed E-state index contributed by atoms with van der Waals surface area (Å²) in [6.07, 6.45) is 0. The number of rotatable bonds is 4. The molecule has 1 aliphatic heterocycles. The van der Waals surface area contributed by atoms with Crippen LogP contribution in [0.5, 0.6) is 0 Å². The predicted molar refractivity (Wildman–Crippen MR) is 77.9 cm³/mol. The molecule has 108 valence electrons. The summed E-state index contributed by atoms with van der Waals surface area (Å²) in [6, 6.07) is 5.06. The van der Waals surface area contributed by atoms with E-state index in [0.29, 0.717) is 29.7 Å². The Labute approximate surface area is 127 Å². The van der Waals surface area contributed by atoms with Gasteiger partial charge in [-0.25, -0.2) is 4.79 Å². The van der Waals surface area contributed by atoms with Crippen LogP contribution >= 0.6 is 23.2 Å². The van der Waals surface area contributed by atoms with Crippen LogP contribution in [-0.2, 0) is 11.3 Å². The van der Waals surface area contributed by atoms with Gasteiger partial charge in [-0.2, -0.15) is 0 Å². The summed E-state index contributed by atoms with van der Waals surface area (Å²) < 4.78 is 0. The number of hydrogen-bond donors (Lipinski definition) is 1. The first kappa shape index (κ1) is 15.1. The van der Waals surface area contributed by atoms with Gasteiger partial charge in [0.2, 0.25) is 5.91 Å². The number of carbonyl (C=O) groups excluding carboxylic acids is 2. The van der Waals surface area contributed by atoms with Gasteiger partial charge in [0.05, 0.1) is 16.6 Å². The molecule has 20 heavy (non-hydrogen) atoms. The standard InChI is InChI=1S/C13H15Cl2N3O2/c1-17(7-9-3-2-4-10(14)12(9)15)8-11(19)18-6-5-16-13(18)20/h2-4H,5-8H2,1H3,(H,16,20). The summed E-state index contributed by atoms with van der Waals surface area (Å²) in [6.45, 7) is 1.56. The lowest BCUT2D eigenvalue weighted by molar-refractivity contribution is -0.128. The molecule has 2 rings (SSSR count). The average molecular weight is 316 g/mol. The van der Waals surface area contributed by atoms with Crippen LogP contribution in [0.4, 0.5) is 4.79 Å². The molecule has 7 heteroatoms. The molecule has 0 unspecified atom stereocenters. The lowest BCUT2D eigenvalue weighted by Crippen LogP contribution is -2.40. The summed E-state index contributed by atoms with van der Waals surface area (Å²) in [5, 5.41) is 3.58. The van der Waals surface area contributed by atoms with E-state index in [1.807, 2.05) is 12.1 Å². The number of carbonyl (C=O) groups is 2. The second-order valence-corrected chi connectivity index (χ2v) is 5.45. The number of imide groups is 1. The maximum atomic E-state index is 12.0. The Bertz CT molecular complexity index is 536. The summed E-state index contributed by atoms with van der Waals surface area (Å²) >= 11 is 12.1. The molecule has 1 N–H and O–H groups in total. The number of nitrogens with one attached hydrogen (secondary N) is 1. The number of nitrogens with zero attached hydrogens (tertiary/aromatic N) is 2. The van der Waals surface area contributed by atoms with Crippen LogP contribution in [0.3, 0.4) is 0 Å². The maximum Gasteiger partial charge on any atom is 0.324 e. The van der Waals surface area contributed by atoms with E-state index >= 15 is 0 Å². The quantitative estimate of drug-likeness (QED) is 0.924. The third-order valence-corrected chi connectivity index (χ3v) is 3.89. The summed E-state index contributed by atoms with van der Waals surface area (Å²) in [5.74, 6) is -0.222. The highest BCUT2D eigenvalue weighted by molar-refractivity contribution is 6.42. The SMILES string of the molecule is CN(CC(=O)N1CCNC1=O)Cc1cccc(Cl)c1Cl. The van der Waals surface area contributed by atoms with Crippen molar-refractivity contribution in [2.75, 3.05) is 26.7 Å². The molecule has 1 aromatic rings. The number of urea groups is 1. The predicted octanol–water partition coefficient (Wildman–Crippen LogP) is 1.98. The Balaban J connectivity index is 1.95. The average Bonchev–Trinajstić information content (AvgIpc) is 2.81. The fourth-order valence-electron chi connectivity index (χ4n) is 2.04. The van der Waals surface area contributed by atoms with E-state index in [9.17, 15) is 9.59 Å². The van der Waals surface area contributed by atoms with Crippen molar-refractivity contribution in [3.63, 3.8) is 0 Å². The van der Waals surface area contributed by atoms with Crippen LogP contribution in [-0.4, -0.2) is 48.4 Å². The molecule has 1 aliphatic rings. The monoisotopic (exact) mass is 315 g/mol. The minimum Gasteiger partial charge on any atom is -0.336 e. The number of benzene rings is 1. The van der Waals surface area contributed by atoms with Gasteiger partial charge < -0.3 is 5.32 Å². The molecule has 0 aromatic heterocycles. The van der Waals surface area contributed by atoms with Gasteiger partial charge in [-0.05, 0) is 18.7 Å². The Hall–Kier alpha value is -1.30. The summed E-state index contributed by atoms with van der Waals surface area (Å²) in [4.78, 5) is 26.4. The van der Waals surface area contributed by atoms with Crippen LogP contribution < -0.4 is 5.32 Å². The molecule has 5 nitrogen and oxygen atoms in total. The van der Waals surface area contributed by atoms with Gasteiger partial charge >= 0.3 is 6.03 Å². The highest BCUT2D eigenvalue weighted by Crippen LogP contribution is 2.26. The molecule has 0 atom stereocenters. The van der Waals surface area contributed by atoms with Crippen LogP contribution in [0.25, 0.3) is 0 Å². The van der Waals surface area contributed by atoms with E-state index in [-0.39, 0.29) is 18.5 Å². The Morgan fingerprint density at radius 1 is 1.45 bits per heavy atom. The zero-order chi connectivity index (χ0) is 14.7. The fourth-order valence-corrected chi connectivity index (χ4v) is 2.42. The molecular formula is C13H15Cl2N3O2. The van der Waals surface area contributed by atoms with E-state index in [1.165, 1.54) is 4.90 Å². The zero-order valence-electron chi connectivity index (χ0n) is 11.0. The Morgan fingerprint density at radius 3 is 2.85 bits per heavy atom. The fraction of sp³-hybridized carbons (Fsp3) is 0.385. The van der Waals surface area contributed by atoms with Crippen molar-refractivity contribution < 1.29 is 9.59 Å². The molecule has 0 aliphatic carbocycles. The molecule has 0 spiro atoms. The van der Waals surface area contributed by atoms with E-state index in [2.05, 4.69) is 5.32 Å². The third-order valence-electron chi connectivity index (χ3n) is 3.03. The smallest absolute Gasteiger partial charge is 0.324 e. The molecule has 1 heterocycles. The van der Waals surface area contributed by atoms with Crippen LogP contribution in [0, 0.1) is 0 Å². The lowest BCUT2D eigenvalue weighted by Gasteiger charge is -2.20. The number of amides is 3. The van der Waals surface area contributed by atoms with Crippen LogP contribution in [0.2, 0.25) is 10.0 Å². The number of halogens is 2. The van der Waals surface area contributed by atoms with Gasteiger partial charge in [-0.3, -0.25) is 14.6 Å². The molecule has 1 fully saturated rings. The van der Waals surface area contributed by atoms with Gasteiger partial charge in [0.25, 0.3) is 0 Å². The topological polar surface area (TPSA) is 52.7 Å². The Morgan fingerprint density at radius 2 is 2.20 bits per heavy atom. The first-order valence-electron chi connectivity index (χ1n) is 6.18. The van der Waals surface area contributed by atoms with Crippen molar-refractivity contribution in [3.8, 4) is 0 Å². The lowest BCUT2D eigenvalue weighted by atomic mass is 10.2. The van der Waals surface area contributed by atoms with Gasteiger partial charge in [0.15, 0.2) is 0 Å². The molecule has 0 bridgehead atoms. The highest BCUT2D eigenvalue weighted by Gasteiger charge is 2.26. The van der Waals surface area contributed by atoms with Crippen molar-refractivity contribution in [1.29, 1.82) is 0 Å². The normalized spacial score (nSPS) is 14.8. The van der Waals surface area contributed by atoms with Crippen LogP contribution in [0.1, 0.15) is 5.56 Å². The molecule has 3 amide bonds. The van der Waals surface area contributed by atoms with E-state index in [0.717, 1.165) is 5.56 Å². The van der Waals surface area contributed by atoms with Gasteiger partial charge in [-0.1, -0.05) is 35.3 Å². The minimum atomic E-state index is -0.329. The third kappa shape index (κ3) is 3.42. The number of likely N-dealkylation sites (N-methyl/N-ethyl adjacent to an activating group) is 1. The van der Waals surface area contributed by atoms with Crippen molar-refractivity contribution >= 4 is 35.1 Å². The van der Waals surface area contributed by atoms with Crippen molar-refractivity contribution in [3.05, 3.63) is 33.8 Å². The molecule has 0 radical (unpaired) electrons. The zero-order valence-corrected chi connectivity index (χ0v) is 12.5. The molecule has 1 aromatic carbocycles. The van der Waals surface area contributed by atoms with Crippen LogP contribution in [0.15, 0.2) is 18.2 Å². The van der Waals surface area contributed by atoms with Crippen molar-refractivity contribution in [1.82, 2.24) is 15.1 Å². The second-order valence-electron chi connectivity index (χ2n) is 4.66.